The standard InChI is InChI=1S/C19H29F3N4/c1-4-23-18(25(3)12-16-7-5-15(2)6-8-16)24-11-17-9-10-26(13-17)14-19(20,21)22/h5-8,17H,4,9-14H2,1-3H3,(H,23,24). The van der Waals surface area contributed by atoms with E-state index in [2.05, 4.69) is 46.4 Å². The minimum Gasteiger partial charge on any atom is -0.357 e. The Balaban J connectivity index is 1.90. The summed E-state index contributed by atoms with van der Waals surface area (Å²) >= 11 is 0. The monoisotopic (exact) mass is 370 g/mol. The van der Waals surface area contributed by atoms with E-state index in [0.29, 0.717) is 19.6 Å². The van der Waals surface area contributed by atoms with E-state index >= 15 is 0 Å². The molecule has 1 heterocycles. The predicted molar refractivity (Wildman–Crippen MR) is 99.2 cm³/mol. The number of nitrogens with one attached hydrogen (secondary N) is 1. The normalized spacial score (nSPS) is 19.0. The van der Waals surface area contributed by atoms with Crippen LogP contribution in [0.25, 0.3) is 0 Å². The lowest BCUT2D eigenvalue weighted by atomic mass is 10.1. The Labute approximate surface area is 154 Å². The summed E-state index contributed by atoms with van der Waals surface area (Å²) < 4.78 is 37.5. The number of guanidine groups is 1. The lowest BCUT2D eigenvalue weighted by molar-refractivity contribution is -0.143. The van der Waals surface area contributed by atoms with Crippen LogP contribution in [0.1, 0.15) is 24.5 Å². The van der Waals surface area contributed by atoms with Gasteiger partial charge in [0.25, 0.3) is 0 Å². The minimum atomic E-state index is -4.12. The van der Waals surface area contributed by atoms with Gasteiger partial charge in [0.1, 0.15) is 0 Å². The van der Waals surface area contributed by atoms with Crippen LogP contribution in [0.15, 0.2) is 29.3 Å². The number of aliphatic imine (C=N–C) groups is 1. The maximum absolute atomic E-state index is 12.5. The molecule has 0 amide bonds. The summed E-state index contributed by atoms with van der Waals surface area (Å²) in [6.07, 6.45) is -3.36. The molecule has 1 saturated heterocycles. The van der Waals surface area contributed by atoms with Crippen LogP contribution >= 0.6 is 0 Å². The van der Waals surface area contributed by atoms with E-state index in [-0.39, 0.29) is 5.92 Å². The van der Waals surface area contributed by atoms with Crippen LogP contribution in [0.4, 0.5) is 13.2 Å². The highest BCUT2D eigenvalue weighted by Gasteiger charge is 2.34. The zero-order chi connectivity index (χ0) is 19.2. The van der Waals surface area contributed by atoms with Crippen LogP contribution in [-0.4, -0.2) is 61.7 Å². The summed E-state index contributed by atoms with van der Waals surface area (Å²) in [6.45, 7) is 6.24. The molecular weight excluding hydrogens is 341 g/mol. The average molecular weight is 370 g/mol. The van der Waals surface area contributed by atoms with Crippen LogP contribution in [0, 0.1) is 12.8 Å². The molecule has 1 N–H and O–H groups in total. The third kappa shape index (κ3) is 6.86. The largest absolute Gasteiger partial charge is 0.401 e. The second-order valence-corrected chi connectivity index (χ2v) is 7.04. The van der Waals surface area contributed by atoms with Gasteiger partial charge in [-0.15, -0.1) is 0 Å². The lowest BCUT2D eigenvalue weighted by Gasteiger charge is -2.23. The third-order valence-electron chi connectivity index (χ3n) is 4.51. The molecule has 146 valence electrons. The van der Waals surface area contributed by atoms with Gasteiger partial charge < -0.3 is 10.2 Å². The maximum atomic E-state index is 12.5. The van der Waals surface area contributed by atoms with Gasteiger partial charge in [-0.05, 0) is 38.3 Å². The molecule has 1 aliphatic rings. The molecule has 0 spiro atoms. The predicted octanol–water partition coefficient (Wildman–Crippen LogP) is 3.28. The van der Waals surface area contributed by atoms with Crippen molar-refractivity contribution in [3.63, 3.8) is 0 Å². The zero-order valence-electron chi connectivity index (χ0n) is 15.8. The molecule has 0 aliphatic carbocycles. The number of benzene rings is 1. The van der Waals surface area contributed by atoms with Crippen LogP contribution in [-0.2, 0) is 6.54 Å². The van der Waals surface area contributed by atoms with Gasteiger partial charge in [-0.2, -0.15) is 13.2 Å². The van der Waals surface area contributed by atoms with E-state index in [9.17, 15) is 13.2 Å². The Morgan fingerprint density at radius 3 is 2.62 bits per heavy atom. The van der Waals surface area contributed by atoms with Crippen molar-refractivity contribution < 1.29 is 13.2 Å². The SMILES string of the molecule is CCNC(=NCC1CCN(CC(F)(F)F)C1)N(C)Cc1ccc(C)cc1. The van der Waals surface area contributed by atoms with Crippen molar-refractivity contribution >= 4 is 5.96 Å². The first-order valence-corrected chi connectivity index (χ1v) is 9.11. The number of nitrogens with zero attached hydrogens (tertiary/aromatic N) is 3. The number of rotatable bonds is 6. The van der Waals surface area contributed by atoms with Gasteiger partial charge in [-0.3, -0.25) is 9.89 Å². The third-order valence-corrected chi connectivity index (χ3v) is 4.51. The molecule has 1 unspecified atom stereocenters. The molecule has 2 rings (SSSR count). The van der Waals surface area contributed by atoms with Crippen molar-refractivity contribution in [1.82, 2.24) is 15.1 Å². The summed E-state index contributed by atoms with van der Waals surface area (Å²) in [7, 11) is 1.98. The molecule has 26 heavy (non-hydrogen) atoms. The fraction of sp³-hybridized carbons (Fsp3) is 0.632. The molecule has 1 fully saturated rings. The van der Waals surface area contributed by atoms with Gasteiger partial charge in [0.05, 0.1) is 6.54 Å². The van der Waals surface area contributed by atoms with E-state index in [1.54, 1.807) is 0 Å². The first kappa shape index (κ1) is 20.6. The van der Waals surface area contributed by atoms with Crippen molar-refractivity contribution in [2.75, 3.05) is 39.8 Å². The molecule has 0 bridgehead atoms. The molecule has 0 radical (unpaired) electrons. The maximum Gasteiger partial charge on any atom is 0.401 e. The second kappa shape index (κ2) is 9.26. The number of alkyl halides is 3. The smallest absolute Gasteiger partial charge is 0.357 e. The quantitative estimate of drug-likeness (QED) is 0.616. The van der Waals surface area contributed by atoms with E-state index in [0.717, 1.165) is 25.5 Å². The summed E-state index contributed by atoms with van der Waals surface area (Å²) in [6, 6.07) is 8.37. The highest BCUT2D eigenvalue weighted by atomic mass is 19.4. The van der Waals surface area contributed by atoms with E-state index < -0.39 is 12.7 Å². The molecule has 1 aromatic rings. The highest BCUT2D eigenvalue weighted by molar-refractivity contribution is 5.79. The van der Waals surface area contributed by atoms with Gasteiger partial charge in [-0.25, -0.2) is 0 Å². The molecule has 1 aromatic carbocycles. The molecule has 1 aliphatic heterocycles. The zero-order valence-corrected chi connectivity index (χ0v) is 15.8. The minimum absolute atomic E-state index is 0.179. The average Bonchev–Trinajstić information content (AvgIpc) is 2.99. The Bertz CT molecular complexity index is 583. The van der Waals surface area contributed by atoms with E-state index in [1.807, 2.05) is 14.0 Å². The summed E-state index contributed by atoms with van der Waals surface area (Å²) in [4.78, 5) is 8.19. The van der Waals surface area contributed by atoms with Gasteiger partial charge in [-0.1, -0.05) is 29.8 Å². The number of hydrogen-bond donors (Lipinski definition) is 1. The van der Waals surface area contributed by atoms with E-state index in [1.165, 1.54) is 16.0 Å². The van der Waals surface area contributed by atoms with Gasteiger partial charge in [0.2, 0.25) is 0 Å². The lowest BCUT2D eigenvalue weighted by Crippen LogP contribution is -2.39. The van der Waals surface area contributed by atoms with Crippen molar-refractivity contribution in [2.45, 2.75) is 33.0 Å². The van der Waals surface area contributed by atoms with Crippen molar-refractivity contribution in [2.24, 2.45) is 10.9 Å². The number of likely N-dealkylation sites (tertiary alicyclic amines) is 1. The van der Waals surface area contributed by atoms with Crippen LogP contribution in [0.2, 0.25) is 0 Å². The Morgan fingerprint density at radius 2 is 2.00 bits per heavy atom. The van der Waals surface area contributed by atoms with Crippen molar-refractivity contribution in [3.8, 4) is 0 Å². The first-order valence-electron chi connectivity index (χ1n) is 9.11. The topological polar surface area (TPSA) is 30.9 Å². The Hall–Kier alpha value is -1.76. The highest BCUT2D eigenvalue weighted by Crippen LogP contribution is 2.23. The molecule has 0 aromatic heterocycles. The fourth-order valence-corrected chi connectivity index (χ4v) is 3.19. The number of hydrogen-bond acceptors (Lipinski definition) is 2. The first-order chi connectivity index (χ1) is 12.3. The Morgan fingerprint density at radius 1 is 1.31 bits per heavy atom. The summed E-state index contributed by atoms with van der Waals surface area (Å²) in [5.41, 5.74) is 2.42. The molecule has 1 atom stereocenters. The van der Waals surface area contributed by atoms with Crippen LogP contribution in [0.5, 0.6) is 0 Å². The van der Waals surface area contributed by atoms with Gasteiger partial charge >= 0.3 is 6.18 Å². The number of aryl methyl sites for hydroxylation is 1. The van der Waals surface area contributed by atoms with Crippen molar-refractivity contribution in [3.05, 3.63) is 35.4 Å². The van der Waals surface area contributed by atoms with E-state index in [4.69, 9.17) is 0 Å². The molecule has 0 saturated carbocycles. The fourth-order valence-electron chi connectivity index (χ4n) is 3.19. The summed E-state index contributed by atoms with van der Waals surface area (Å²) in [5.74, 6) is 0.973. The van der Waals surface area contributed by atoms with Crippen LogP contribution < -0.4 is 5.32 Å². The molecule has 7 heteroatoms. The number of halogens is 3. The van der Waals surface area contributed by atoms with Gasteiger partial charge in [0, 0.05) is 33.2 Å². The molecular formula is C19H29F3N4. The Kier molecular flexibility index (Phi) is 7.32. The van der Waals surface area contributed by atoms with Crippen molar-refractivity contribution in [1.29, 1.82) is 0 Å². The van der Waals surface area contributed by atoms with Gasteiger partial charge in [0.15, 0.2) is 5.96 Å². The second-order valence-electron chi connectivity index (χ2n) is 7.04. The van der Waals surface area contributed by atoms with Crippen LogP contribution in [0.3, 0.4) is 0 Å². The molecule has 4 nitrogen and oxygen atoms in total. The summed E-state index contributed by atoms with van der Waals surface area (Å²) in [5, 5.41) is 3.27.